The first-order valence-electron chi connectivity index (χ1n) is 11.0. The highest BCUT2D eigenvalue weighted by atomic mass is 35.5. The van der Waals surface area contributed by atoms with Gasteiger partial charge in [-0.05, 0) is 48.9 Å². The van der Waals surface area contributed by atoms with E-state index < -0.39 is 0 Å². The number of carbonyl (C=O) groups excluding carboxylic acids is 1. The zero-order valence-corrected chi connectivity index (χ0v) is 21.0. The van der Waals surface area contributed by atoms with Crippen LogP contribution < -0.4 is 19.1 Å². The monoisotopic (exact) mass is 507 g/mol. The fourth-order valence-corrected chi connectivity index (χ4v) is 4.67. The summed E-state index contributed by atoms with van der Waals surface area (Å²) in [5, 5.41) is 0.670. The number of aromatic nitrogens is 1. The van der Waals surface area contributed by atoms with Gasteiger partial charge in [0, 0.05) is 26.2 Å². The first-order chi connectivity index (χ1) is 16.2. The second-order valence-corrected chi connectivity index (χ2v) is 8.66. The molecule has 1 saturated heterocycles. The fraction of sp³-hybridized carbons (Fsp3) is 0.417. The van der Waals surface area contributed by atoms with Gasteiger partial charge < -0.3 is 18.9 Å². The molecule has 1 amide bonds. The zero-order chi connectivity index (χ0) is 23.0. The van der Waals surface area contributed by atoms with Crippen LogP contribution in [0.4, 0.5) is 5.13 Å². The summed E-state index contributed by atoms with van der Waals surface area (Å²) in [5.74, 6) is 2.00. The first kappa shape index (κ1) is 26.0. The van der Waals surface area contributed by atoms with Crippen LogP contribution in [0.1, 0.15) is 6.42 Å². The Balaban J connectivity index is 0.00000324. The summed E-state index contributed by atoms with van der Waals surface area (Å²) in [5.41, 5.74) is 0.845. The van der Waals surface area contributed by atoms with Crippen LogP contribution in [0.5, 0.6) is 17.2 Å². The molecule has 184 valence electrons. The van der Waals surface area contributed by atoms with E-state index in [1.54, 1.807) is 43.4 Å². The van der Waals surface area contributed by atoms with E-state index in [0.717, 1.165) is 61.0 Å². The van der Waals surface area contributed by atoms with E-state index in [0.29, 0.717) is 17.4 Å². The summed E-state index contributed by atoms with van der Waals surface area (Å²) in [6, 6.07) is 12.9. The third-order valence-corrected chi connectivity index (χ3v) is 6.54. The minimum absolute atomic E-state index is 0. The molecule has 2 aromatic carbocycles. The highest BCUT2D eigenvalue weighted by molar-refractivity contribution is 7.22. The summed E-state index contributed by atoms with van der Waals surface area (Å²) in [6.45, 7) is 4.79. The van der Waals surface area contributed by atoms with Gasteiger partial charge in [-0.1, -0.05) is 11.3 Å². The smallest absolute Gasteiger partial charge is 0.266 e. The quantitative estimate of drug-likeness (QED) is 0.412. The Morgan fingerprint density at radius 1 is 1.06 bits per heavy atom. The number of benzene rings is 2. The van der Waals surface area contributed by atoms with Crippen LogP contribution in [-0.2, 0) is 9.53 Å². The predicted molar refractivity (Wildman–Crippen MR) is 136 cm³/mol. The molecule has 8 nitrogen and oxygen atoms in total. The van der Waals surface area contributed by atoms with Gasteiger partial charge in [-0.15, -0.1) is 12.4 Å². The van der Waals surface area contributed by atoms with Crippen molar-refractivity contribution in [3.05, 3.63) is 42.5 Å². The number of carbonyl (C=O) groups is 1. The maximum atomic E-state index is 13.2. The molecule has 0 atom stereocenters. The Labute approximate surface area is 209 Å². The molecule has 34 heavy (non-hydrogen) atoms. The number of anilines is 1. The molecule has 1 aromatic heterocycles. The molecule has 1 aliphatic rings. The largest absolute Gasteiger partial charge is 0.497 e. The number of fused-ring (bicyclic) bond motifs is 1. The van der Waals surface area contributed by atoms with Crippen LogP contribution in [0.15, 0.2) is 42.5 Å². The van der Waals surface area contributed by atoms with Crippen LogP contribution in [-0.4, -0.2) is 76.0 Å². The minimum atomic E-state index is -0.126. The van der Waals surface area contributed by atoms with E-state index in [9.17, 15) is 4.79 Å². The number of nitrogens with zero attached hydrogens (tertiary/aromatic N) is 3. The maximum absolute atomic E-state index is 13.2. The van der Waals surface area contributed by atoms with Gasteiger partial charge in [0.15, 0.2) is 11.7 Å². The number of methoxy groups -OCH3 is 2. The lowest BCUT2D eigenvalue weighted by Crippen LogP contribution is -2.40. The third-order valence-electron chi connectivity index (χ3n) is 5.50. The molecule has 1 fully saturated rings. The van der Waals surface area contributed by atoms with Crippen LogP contribution >= 0.6 is 23.7 Å². The fourth-order valence-electron chi connectivity index (χ4n) is 3.63. The Bertz CT molecular complexity index is 1060. The van der Waals surface area contributed by atoms with Gasteiger partial charge in [-0.3, -0.25) is 14.6 Å². The Kier molecular flexibility index (Phi) is 9.76. The van der Waals surface area contributed by atoms with Crippen molar-refractivity contribution in [3.8, 4) is 17.2 Å². The van der Waals surface area contributed by atoms with Crippen LogP contribution in [0.25, 0.3) is 10.2 Å². The molecule has 4 rings (SSSR count). The molecule has 1 aliphatic heterocycles. The van der Waals surface area contributed by atoms with Crippen LogP contribution in [0.3, 0.4) is 0 Å². The average molecular weight is 508 g/mol. The Morgan fingerprint density at radius 3 is 2.44 bits per heavy atom. The summed E-state index contributed by atoms with van der Waals surface area (Å²) >= 11 is 1.48. The van der Waals surface area contributed by atoms with E-state index >= 15 is 0 Å². The lowest BCUT2D eigenvalue weighted by molar-refractivity contribution is -0.120. The van der Waals surface area contributed by atoms with Crippen LogP contribution in [0.2, 0.25) is 0 Å². The second kappa shape index (κ2) is 12.8. The number of hydrogen-bond donors (Lipinski definition) is 0. The molecular weight excluding hydrogens is 478 g/mol. The van der Waals surface area contributed by atoms with Gasteiger partial charge in [0.25, 0.3) is 5.91 Å². The summed E-state index contributed by atoms with van der Waals surface area (Å²) in [6.07, 6.45) is 0.841. The number of halogens is 1. The lowest BCUT2D eigenvalue weighted by Gasteiger charge is -2.27. The molecule has 2 heterocycles. The van der Waals surface area contributed by atoms with E-state index in [2.05, 4.69) is 4.90 Å². The van der Waals surface area contributed by atoms with Gasteiger partial charge in [0.05, 0.1) is 37.6 Å². The zero-order valence-electron chi connectivity index (χ0n) is 19.4. The SMILES string of the molecule is COc1ccc(OCC(=O)N(CCCN2CCOCC2)c2nc3ccc(OC)cc3s2)cc1.Cl. The topological polar surface area (TPSA) is 73.4 Å². The van der Waals surface area contributed by atoms with Gasteiger partial charge in [-0.25, -0.2) is 4.98 Å². The molecule has 0 unspecified atom stereocenters. The van der Waals surface area contributed by atoms with E-state index in [1.807, 2.05) is 18.2 Å². The Morgan fingerprint density at radius 2 is 1.74 bits per heavy atom. The first-order valence-corrected chi connectivity index (χ1v) is 11.8. The van der Waals surface area contributed by atoms with Crippen molar-refractivity contribution in [1.29, 1.82) is 0 Å². The third kappa shape index (κ3) is 6.73. The molecular formula is C24H30ClN3O5S. The van der Waals surface area contributed by atoms with Gasteiger partial charge in [0.2, 0.25) is 0 Å². The highest BCUT2D eigenvalue weighted by Gasteiger charge is 2.21. The van der Waals surface area contributed by atoms with Gasteiger partial charge in [0.1, 0.15) is 17.2 Å². The van der Waals surface area contributed by atoms with Crippen molar-refractivity contribution in [1.82, 2.24) is 9.88 Å². The minimum Gasteiger partial charge on any atom is -0.497 e. The van der Waals surface area contributed by atoms with Crippen molar-refractivity contribution in [2.75, 3.05) is 65.1 Å². The van der Waals surface area contributed by atoms with E-state index in [-0.39, 0.29) is 24.9 Å². The standard InChI is InChI=1S/C24H29N3O5S.ClH/c1-29-18-4-6-19(7-5-18)32-17-23(28)27(11-3-10-26-12-14-31-15-13-26)24-25-21-9-8-20(30-2)16-22(21)33-24;/h4-9,16H,3,10-15,17H2,1-2H3;1H. The van der Waals surface area contributed by atoms with Crippen molar-refractivity contribution in [3.63, 3.8) is 0 Å². The summed E-state index contributed by atoms with van der Waals surface area (Å²) < 4.78 is 22.7. The Hall–Kier alpha value is -2.59. The number of hydrogen-bond acceptors (Lipinski definition) is 8. The molecule has 0 spiro atoms. The number of ether oxygens (including phenoxy) is 4. The average Bonchev–Trinajstić information content (AvgIpc) is 3.29. The lowest BCUT2D eigenvalue weighted by atomic mass is 10.3. The predicted octanol–water partition coefficient (Wildman–Crippen LogP) is 3.87. The van der Waals surface area contributed by atoms with Crippen LogP contribution in [0, 0.1) is 0 Å². The van der Waals surface area contributed by atoms with Crippen molar-refractivity contribution in [2.45, 2.75) is 6.42 Å². The number of thiazole rings is 1. The molecule has 3 aromatic rings. The number of morpholine rings is 1. The van der Waals surface area contributed by atoms with Gasteiger partial charge in [-0.2, -0.15) is 0 Å². The molecule has 0 bridgehead atoms. The highest BCUT2D eigenvalue weighted by Crippen LogP contribution is 2.32. The van der Waals surface area contributed by atoms with E-state index in [4.69, 9.17) is 23.9 Å². The molecule has 10 heteroatoms. The summed E-state index contributed by atoms with van der Waals surface area (Å²) in [4.78, 5) is 22.0. The number of rotatable bonds is 10. The normalized spacial score (nSPS) is 13.8. The molecule has 0 saturated carbocycles. The molecule has 0 N–H and O–H groups in total. The number of amides is 1. The molecule has 0 radical (unpaired) electrons. The van der Waals surface area contributed by atoms with Gasteiger partial charge >= 0.3 is 0 Å². The van der Waals surface area contributed by atoms with Crippen molar-refractivity contribution >= 4 is 45.0 Å². The van der Waals surface area contributed by atoms with Crippen molar-refractivity contribution in [2.24, 2.45) is 0 Å². The van der Waals surface area contributed by atoms with E-state index in [1.165, 1.54) is 11.3 Å². The molecule has 0 aliphatic carbocycles. The summed E-state index contributed by atoms with van der Waals surface area (Å²) in [7, 11) is 3.25. The maximum Gasteiger partial charge on any atom is 0.266 e. The van der Waals surface area contributed by atoms with Crippen molar-refractivity contribution < 1.29 is 23.7 Å². The second-order valence-electron chi connectivity index (χ2n) is 7.65.